The minimum absolute atomic E-state index is 0.0751. The molecule has 3 aromatic rings. The number of halogens is 1. The van der Waals surface area contributed by atoms with Crippen LogP contribution in [0.3, 0.4) is 0 Å². The molecule has 1 aliphatic rings. The minimum Gasteiger partial charge on any atom is -0.361 e. The van der Waals surface area contributed by atoms with E-state index in [1.54, 1.807) is 35.0 Å². The van der Waals surface area contributed by atoms with Gasteiger partial charge in [-0.2, -0.15) is 0 Å². The lowest BCUT2D eigenvalue weighted by Gasteiger charge is -2.26. The van der Waals surface area contributed by atoms with Crippen LogP contribution in [0.4, 0.5) is 11.5 Å². The summed E-state index contributed by atoms with van der Waals surface area (Å²) in [7, 11) is 0. The van der Waals surface area contributed by atoms with Crippen molar-refractivity contribution in [2.45, 2.75) is 11.1 Å². The predicted molar refractivity (Wildman–Crippen MR) is 107 cm³/mol. The van der Waals surface area contributed by atoms with Gasteiger partial charge in [0.05, 0.1) is 5.02 Å². The average molecular weight is 382 g/mol. The highest BCUT2D eigenvalue weighted by Crippen LogP contribution is 2.37. The fourth-order valence-electron chi connectivity index (χ4n) is 3.08. The second kappa shape index (κ2) is 7.02. The Balaban J connectivity index is 1.76. The van der Waals surface area contributed by atoms with Crippen LogP contribution in [-0.4, -0.2) is 17.1 Å². The maximum atomic E-state index is 13.0. The molecular weight excluding hydrogens is 366 g/mol. The molecule has 1 atom stereocenters. The number of pyridine rings is 1. The number of thioether (sulfide) groups is 1. The van der Waals surface area contributed by atoms with Gasteiger partial charge in [0.1, 0.15) is 12.0 Å². The van der Waals surface area contributed by atoms with Crippen molar-refractivity contribution in [1.29, 1.82) is 0 Å². The Bertz CT molecular complexity index is 961. The van der Waals surface area contributed by atoms with Crippen LogP contribution < -0.4 is 10.2 Å². The van der Waals surface area contributed by atoms with Gasteiger partial charge in [-0.1, -0.05) is 35.9 Å². The Hall–Kier alpha value is -2.50. The van der Waals surface area contributed by atoms with E-state index in [2.05, 4.69) is 22.4 Å². The van der Waals surface area contributed by atoms with Gasteiger partial charge in [0, 0.05) is 27.9 Å². The first kappa shape index (κ1) is 16.9. The van der Waals surface area contributed by atoms with Gasteiger partial charge in [-0.15, -0.1) is 11.8 Å². The molecule has 0 aliphatic carbocycles. The van der Waals surface area contributed by atoms with E-state index >= 15 is 0 Å². The van der Waals surface area contributed by atoms with Crippen LogP contribution in [0.1, 0.15) is 22.1 Å². The summed E-state index contributed by atoms with van der Waals surface area (Å²) in [4.78, 5) is 20.2. The minimum atomic E-state index is -0.329. The average Bonchev–Trinajstić information content (AvgIpc) is 2.95. The van der Waals surface area contributed by atoms with E-state index in [9.17, 15) is 4.79 Å². The van der Waals surface area contributed by atoms with E-state index in [1.807, 2.05) is 42.7 Å². The van der Waals surface area contributed by atoms with Crippen molar-refractivity contribution in [2.24, 2.45) is 0 Å². The number of hydrogen-bond acceptors (Lipinski definition) is 4. The summed E-state index contributed by atoms with van der Waals surface area (Å²) in [6.07, 6.45) is 3.26. The number of nitrogens with one attached hydrogen (secondary N) is 1. The summed E-state index contributed by atoms with van der Waals surface area (Å²) >= 11 is 7.64. The van der Waals surface area contributed by atoms with Crippen LogP contribution in [0.2, 0.25) is 5.02 Å². The topological polar surface area (TPSA) is 45.2 Å². The monoisotopic (exact) mass is 381 g/mol. The van der Waals surface area contributed by atoms with Crippen molar-refractivity contribution >= 4 is 40.8 Å². The van der Waals surface area contributed by atoms with Gasteiger partial charge in [-0.05, 0) is 42.7 Å². The summed E-state index contributed by atoms with van der Waals surface area (Å²) in [6, 6.07) is 19.3. The van der Waals surface area contributed by atoms with E-state index in [0.717, 1.165) is 16.1 Å². The Labute approximate surface area is 161 Å². The zero-order valence-corrected chi connectivity index (χ0v) is 15.6. The van der Waals surface area contributed by atoms with Crippen molar-refractivity contribution in [1.82, 2.24) is 4.98 Å². The van der Waals surface area contributed by atoms with Crippen molar-refractivity contribution in [3.05, 3.63) is 83.0 Å². The number of rotatable bonds is 4. The SMILES string of the molecule is CSc1cccc(N[C@@H]2c3ccccc3C(=O)N2c2ccc(Cl)cn2)c1. The number of fused-ring (bicyclic) bond motifs is 1. The van der Waals surface area contributed by atoms with E-state index in [-0.39, 0.29) is 12.1 Å². The van der Waals surface area contributed by atoms with Crippen LogP contribution in [0, 0.1) is 0 Å². The molecule has 1 aliphatic heterocycles. The third-order valence-corrected chi connectivity index (χ3v) is 5.24. The van der Waals surface area contributed by atoms with Crippen LogP contribution in [0.15, 0.2) is 71.8 Å². The third-order valence-electron chi connectivity index (χ3n) is 4.29. The van der Waals surface area contributed by atoms with Gasteiger partial charge >= 0.3 is 0 Å². The van der Waals surface area contributed by atoms with E-state index in [0.29, 0.717) is 16.4 Å². The fraction of sp³-hybridized carbons (Fsp3) is 0.100. The first-order valence-corrected chi connectivity index (χ1v) is 9.72. The summed E-state index contributed by atoms with van der Waals surface area (Å²) in [5.41, 5.74) is 2.57. The third kappa shape index (κ3) is 3.04. The molecule has 2 heterocycles. The van der Waals surface area contributed by atoms with Gasteiger partial charge < -0.3 is 5.32 Å². The highest BCUT2D eigenvalue weighted by atomic mass is 35.5. The van der Waals surface area contributed by atoms with Crippen molar-refractivity contribution in [3.63, 3.8) is 0 Å². The zero-order chi connectivity index (χ0) is 18.1. The number of hydrogen-bond donors (Lipinski definition) is 1. The Morgan fingerprint density at radius 1 is 1.12 bits per heavy atom. The van der Waals surface area contributed by atoms with Crippen LogP contribution in [0.5, 0.6) is 0 Å². The second-order valence-electron chi connectivity index (χ2n) is 5.88. The molecule has 0 saturated carbocycles. The smallest absolute Gasteiger partial charge is 0.261 e. The number of carbonyl (C=O) groups excluding carboxylic acids is 1. The number of benzene rings is 2. The summed E-state index contributed by atoms with van der Waals surface area (Å²) in [5, 5.41) is 4.02. The maximum Gasteiger partial charge on any atom is 0.261 e. The number of anilines is 2. The number of amides is 1. The molecule has 0 spiro atoms. The second-order valence-corrected chi connectivity index (χ2v) is 7.19. The Kier molecular flexibility index (Phi) is 4.57. The van der Waals surface area contributed by atoms with Gasteiger partial charge in [0.15, 0.2) is 0 Å². The lowest BCUT2D eigenvalue weighted by molar-refractivity contribution is 0.0992. The summed E-state index contributed by atoms with van der Waals surface area (Å²) < 4.78 is 0. The lowest BCUT2D eigenvalue weighted by Crippen LogP contribution is -2.32. The first-order chi connectivity index (χ1) is 12.7. The van der Waals surface area contributed by atoms with Crippen LogP contribution >= 0.6 is 23.4 Å². The van der Waals surface area contributed by atoms with Gasteiger partial charge in [-0.25, -0.2) is 4.98 Å². The van der Waals surface area contributed by atoms with Gasteiger partial charge in [0.2, 0.25) is 0 Å². The number of nitrogens with zero attached hydrogens (tertiary/aromatic N) is 2. The quantitative estimate of drug-likeness (QED) is 0.628. The van der Waals surface area contributed by atoms with Crippen molar-refractivity contribution in [2.75, 3.05) is 16.5 Å². The molecule has 0 saturated heterocycles. The predicted octanol–water partition coefficient (Wildman–Crippen LogP) is 5.23. The Morgan fingerprint density at radius 2 is 1.96 bits per heavy atom. The molecule has 6 heteroatoms. The largest absolute Gasteiger partial charge is 0.361 e. The molecule has 1 aromatic heterocycles. The van der Waals surface area contributed by atoms with Crippen molar-refractivity contribution < 1.29 is 4.79 Å². The van der Waals surface area contributed by atoms with E-state index in [1.165, 1.54) is 0 Å². The molecule has 0 unspecified atom stereocenters. The maximum absolute atomic E-state index is 13.0. The first-order valence-electron chi connectivity index (χ1n) is 8.12. The number of carbonyl (C=O) groups is 1. The molecule has 4 rings (SSSR count). The summed E-state index contributed by atoms with van der Waals surface area (Å²) in [5.74, 6) is 0.489. The highest BCUT2D eigenvalue weighted by Gasteiger charge is 2.38. The fourth-order valence-corrected chi connectivity index (χ4v) is 3.65. The molecule has 0 radical (unpaired) electrons. The number of aromatic nitrogens is 1. The highest BCUT2D eigenvalue weighted by molar-refractivity contribution is 7.98. The van der Waals surface area contributed by atoms with Gasteiger partial charge in [0.25, 0.3) is 5.91 Å². The molecule has 130 valence electrons. The molecule has 2 aromatic carbocycles. The molecule has 26 heavy (non-hydrogen) atoms. The molecular formula is C20H16ClN3OS. The molecule has 0 fully saturated rings. The standard InChI is InChI=1S/C20H16ClN3OS/c1-26-15-6-4-5-14(11-15)23-19-16-7-2-3-8-17(16)20(25)24(19)18-10-9-13(21)12-22-18/h2-12,19,23H,1H3/t19-/m0/s1. The summed E-state index contributed by atoms with van der Waals surface area (Å²) in [6.45, 7) is 0. The lowest BCUT2D eigenvalue weighted by atomic mass is 10.1. The van der Waals surface area contributed by atoms with Crippen LogP contribution in [-0.2, 0) is 0 Å². The molecule has 4 nitrogen and oxygen atoms in total. The molecule has 0 bridgehead atoms. The molecule has 1 amide bonds. The normalized spacial score (nSPS) is 15.8. The Morgan fingerprint density at radius 3 is 2.73 bits per heavy atom. The van der Waals surface area contributed by atoms with E-state index < -0.39 is 0 Å². The zero-order valence-electron chi connectivity index (χ0n) is 14.0. The van der Waals surface area contributed by atoms with Crippen LogP contribution in [0.25, 0.3) is 0 Å². The molecule has 1 N–H and O–H groups in total. The van der Waals surface area contributed by atoms with E-state index in [4.69, 9.17) is 11.6 Å². The van der Waals surface area contributed by atoms with Gasteiger partial charge in [-0.3, -0.25) is 9.69 Å². The van der Waals surface area contributed by atoms with Crippen molar-refractivity contribution in [3.8, 4) is 0 Å².